The second-order valence-electron chi connectivity index (χ2n) is 8.98. The van der Waals surface area contributed by atoms with Crippen LogP contribution in [0.2, 0.25) is 0 Å². The Hall–Kier alpha value is -2.88. The van der Waals surface area contributed by atoms with Gasteiger partial charge in [-0.05, 0) is 53.0 Å². The second kappa shape index (κ2) is 10.6. The van der Waals surface area contributed by atoms with E-state index in [0.717, 1.165) is 16.5 Å². The van der Waals surface area contributed by atoms with Crippen molar-refractivity contribution in [1.29, 1.82) is 0 Å². The number of alkyl carbamates (subject to hydrolysis) is 1. The van der Waals surface area contributed by atoms with Gasteiger partial charge in [0.05, 0.1) is 6.04 Å². The van der Waals surface area contributed by atoms with Crippen molar-refractivity contribution < 1.29 is 19.2 Å². The first kappa shape index (κ1) is 25.4. The Morgan fingerprint density at radius 1 is 1.31 bits per heavy atom. The Bertz CT molecular complexity index is 958. The van der Waals surface area contributed by atoms with Gasteiger partial charge in [-0.3, -0.25) is 9.36 Å². The maximum absolute atomic E-state index is 12.7. The number of ether oxygens (including phenoxy) is 1. The molecule has 0 fully saturated rings. The molecule has 2 rings (SSSR count). The van der Waals surface area contributed by atoms with Crippen LogP contribution in [0.4, 0.5) is 4.79 Å². The van der Waals surface area contributed by atoms with E-state index < -0.39 is 17.7 Å². The molecule has 0 bridgehead atoms. The van der Waals surface area contributed by atoms with Gasteiger partial charge >= 0.3 is 6.09 Å². The Kier molecular flexibility index (Phi) is 8.43. The van der Waals surface area contributed by atoms with Gasteiger partial charge in [-0.2, -0.15) is 0 Å². The Morgan fingerprint density at radius 3 is 2.56 bits per heavy atom. The van der Waals surface area contributed by atoms with Gasteiger partial charge in [0, 0.05) is 28.5 Å². The fraction of sp³-hybridized carbons (Fsp3) is 0.545. The molecule has 0 aliphatic heterocycles. The SMILES string of the molecule is Cc1cc(C(=O)CO/N=C(\N)C(CC(C)C)NC(=O)OC(C)(C)C)c(C)n1-c1nccs1. The zero-order chi connectivity index (χ0) is 24.1. The van der Waals surface area contributed by atoms with Gasteiger partial charge in [0.25, 0.3) is 0 Å². The maximum atomic E-state index is 12.7. The number of hydrogen-bond donors (Lipinski definition) is 2. The first-order valence-electron chi connectivity index (χ1n) is 10.5. The van der Waals surface area contributed by atoms with Crippen molar-refractivity contribution in [2.24, 2.45) is 16.8 Å². The molecule has 0 radical (unpaired) electrons. The summed E-state index contributed by atoms with van der Waals surface area (Å²) < 4.78 is 7.23. The number of aryl methyl sites for hydroxylation is 1. The van der Waals surface area contributed by atoms with E-state index in [1.54, 1.807) is 33.0 Å². The molecule has 3 N–H and O–H groups in total. The molecule has 0 aromatic carbocycles. The van der Waals surface area contributed by atoms with Gasteiger partial charge in [-0.1, -0.05) is 19.0 Å². The minimum Gasteiger partial charge on any atom is -0.444 e. The summed E-state index contributed by atoms with van der Waals surface area (Å²) >= 11 is 1.49. The second-order valence-corrected chi connectivity index (χ2v) is 9.85. The Labute approximate surface area is 193 Å². The van der Waals surface area contributed by atoms with E-state index in [4.69, 9.17) is 15.3 Å². The topological polar surface area (TPSA) is 121 Å². The van der Waals surface area contributed by atoms with Gasteiger partial charge in [0.1, 0.15) is 5.60 Å². The first-order chi connectivity index (χ1) is 14.9. The van der Waals surface area contributed by atoms with Crippen molar-refractivity contribution in [3.05, 3.63) is 34.6 Å². The van der Waals surface area contributed by atoms with Crippen LogP contribution in [0.5, 0.6) is 0 Å². The van der Waals surface area contributed by atoms with E-state index in [-0.39, 0.29) is 24.1 Å². The summed E-state index contributed by atoms with van der Waals surface area (Å²) in [5.74, 6) is 0.0881. The maximum Gasteiger partial charge on any atom is 0.408 e. The lowest BCUT2D eigenvalue weighted by molar-refractivity contribution is 0.0510. The molecule has 0 aliphatic carbocycles. The highest BCUT2D eigenvalue weighted by Gasteiger charge is 2.23. The van der Waals surface area contributed by atoms with Crippen LogP contribution >= 0.6 is 11.3 Å². The Balaban J connectivity index is 2.05. The number of oxime groups is 1. The van der Waals surface area contributed by atoms with Crippen LogP contribution < -0.4 is 11.1 Å². The lowest BCUT2D eigenvalue weighted by Crippen LogP contribution is -2.47. The monoisotopic (exact) mass is 463 g/mol. The molecular weight excluding hydrogens is 430 g/mol. The number of rotatable bonds is 9. The predicted octanol–water partition coefficient (Wildman–Crippen LogP) is 3.96. The number of carbonyl (C=O) groups is 2. The predicted molar refractivity (Wildman–Crippen MR) is 125 cm³/mol. The van der Waals surface area contributed by atoms with E-state index in [0.29, 0.717) is 12.0 Å². The highest BCUT2D eigenvalue weighted by molar-refractivity contribution is 7.12. The lowest BCUT2D eigenvalue weighted by atomic mass is 10.0. The van der Waals surface area contributed by atoms with Gasteiger partial charge < -0.3 is 20.6 Å². The molecule has 1 amide bonds. The summed E-state index contributed by atoms with van der Waals surface area (Å²) in [7, 11) is 0. The van der Waals surface area contributed by atoms with E-state index in [9.17, 15) is 9.59 Å². The molecule has 9 nitrogen and oxygen atoms in total. The van der Waals surface area contributed by atoms with Gasteiger partial charge in [0.15, 0.2) is 17.6 Å². The summed E-state index contributed by atoms with van der Waals surface area (Å²) in [5, 5.41) is 9.29. The number of Topliss-reactive ketones (excluding diaryl/α,β-unsaturated/α-hetero) is 1. The smallest absolute Gasteiger partial charge is 0.408 e. The van der Waals surface area contributed by atoms with Crippen molar-refractivity contribution in [2.45, 2.75) is 66.5 Å². The van der Waals surface area contributed by atoms with Crippen molar-refractivity contribution in [2.75, 3.05) is 6.61 Å². The molecule has 10 heteroatoms. The number of nitrogens with one attached hydrogen (secondary N) is 1. The average Bonchev–Trinajstić information content (AvgIpc) is 3.26. The molecule has 1 unspecified atom stereocenters. The van der Waals surface area contributed by atoms with E-state index in [2.05, 4.69) is 15.5 Å². The van der Waals surface area contributed by atoms with Crippen molar-refractivity contribution in [3.8, 4) is 5.13 Å². The first-order valence-corrected chi connectivity index (χ1v) is 11.3. The zero-order valence-corrected chi connectivity index (χ0v) is 20.6. The number of ketones is 1. The number of amides is 1. The van der Waals surface area contributed by atoms with Crippen LogP contribution in [0.1, 0.15) is 62.8 Å². The van der Waals surface area contributed by atoms with Crippen molar-refractivity contribution in [3.63, 3.8) is 0 Å². The molecule has 1 atom stereocenters. The number of thiazole rings is 1. The molecular formula is C22H33N5O4S. The standard InChI is InChI=1S/C22H33N5O4S/c1-13(2)10-17(25-21(29)31-22(5,6)7)19(23)26-30-12-18(28)16-11-14(3)27(15(16)4)20-24-8-9-32-20/h8-9,11,13,17H,10,12H2,1-7H3,(H2,23,26)(H,25,29). The van der Waals surface area contributed by atoms with Crippen LogP contribution in [0.25, 0.3) is 5.13 Å². The van der Waals surface area contributed by atoms with E-state index in [1.807, 2.05) is 37.6 Å². The molecule has 2 aromatic heterocycles. The summed E-state index contributed by atoms with van der Waals surface area (Å²) in [6.07, 6.45) is 1.67. The third kappa shape index (κ3) is 7.08. The molecule has 0 aliphatic rings. The molecule has 0 saturated heterocycles. The Morgan fingerprint density at radius 2 is 2.00 bits per heavy atom. The van der Waals surface area contributed by atoms with Gasteiger partial charge in [0.2, 0.25) is 5.78 Å². The third-order valence-electron chi connectivity index (χ3n) is 4.46. The van der Waals surface area contributed by atoms with Crippen molar-refractivity contribution in [1.82, 2.24) is 14.9 Å². The molecule has 32 heavy (non-hydrogen) atoms. The number of amidine groups is 1. The summed E-state index contributed by atoms with van der Waals surface area (Å²) in [6.45, 7) is 12.8. The van der Waals surface area contributed by atoms with Crippen molar-refractivity contribution >= 4 is 29.0 Å². The molecule has 0 spiro atoms. The van der Waals surface area contributed by atoms with Crippen LogP contribution in [-0.2, 0) is 9.57 Å². The minimum absolute atomic E-state index is 0.0746. The highest BCUT2D eigenvalue weighted by atomic mass is 32.1. The highest BCUT2D eigenvalue weighted by Crippen LogP contribution is 2.22. The zero-order valence-electron chi connectivity index (χ0n) is 19.8. The van der Waals surface area contributed by atoms with E-state index >= 15 is 0 Å². The number of nitrogens with zero attached hydrogens (tertiary/aromatic N) is 3. The van der Waals surface area contributed by atoms with Crippen LogP contribution in [0.15, 0.2) is 22.8 Å². The largest absolute Gasteiger partial charge is 0.444 e. The normalized spacial score (nSPS) is 13.2. The van der Waals surface area contributed by atoms with Crippen LogP contribution in [0.3, 0.4) is 0 Å². The lowest BCUT2D eigenvalue weighted by Gasteiger charge is -2.24. The van der Waals surface area contributed by atoms with Crippen LogP contribution in [-0.4, -0.2) is 45.5 Å². The number of aromatic nitrogens is 2. The fourth-order valence-corrected chi connectivity index (χ4v) is 3.90. The summed E-state index contributed by atoms with van der Waals surface area (Å²) in [4.78, 5) is 34.4. The van der Waals surface area contributed by atoms with E-state index in [1.165, 1.54) is 11.3 Å². The minimum atomic E-state index is -0.633. The molecule has 0 saturated carbocycles. The van der Waals surface area contributed by atoms with Crippen LogP contribution in [0, 0.1) is 19.8 Å². The van der Waals surface area contributed by atoms with Gasteiger partial charge in [-0.25, -0.2) is 9.78 Å². The summed E-state index contributed by atoms with van der Waals surface area (Å²) in [6, 6.07) is 1.23. The third-order valence-corrected chi connectivity index (χ3v) is 5.22. The number of hydrogen-bond acceptors (Lipinski definition) is 7. The average molecular weight is 464 g/mol. The molecule has 176 valence electrons. The fourth-order valence-electron chi connectivity index (χ4n) is 3.15. The quantitative estimate of drug-likeness (QED) is 0.251. The molecule has 2 aromatic rings. The number of nitrogens with two attached hydrogens (primary N) is 1. The number of carbonyl (C=O) groups excluding carboxylic acids is 2. The summed E-state index contributed by atoms with van der Waals surface area (Å²) in [5.41, 5.74) is 7.65. The molecule has 2 heterocycles. The van der Waals surface area contributed by atoms with Gasteiger partial charge in [-0.15, -0.1) is 11.3 Å².